The number of amides is 1. The molecule has 2 rings (SSSR count). The Morgan fingerprint density at radius 1 is 1.19 bits per heavy atom. The minimum absolute atomic E-state index is 0. The first-order valence-electron chi connectivity index (χ1n) is 6.75. The average Bonchev–Trinajstić information content (AvgIpc) is 2.48. The second-order valence-electron chi connectivity index (χ2n) is 4.62. The van der Waals surface area contributed by atoms with Gasteiger partial charge in [0.05, 0.1) is 0 Å². The zero-order valence-electron chi connectivity index (χ0n) is 12.2. The highest BCUT2D eigenvalue weighted by Crippen LogP contribution is 2.10. The molecule has 21 heavy (non-hydrogen) atoms. The van der Waals surface area contributed by atoms with Crippen LogP contribution in [0.5, 0.6) is 0 Å². The standard InChI is InChI=1S/C13H21N5O.2ClH/c1-14-5-2-4-12(19)17-8-10-18(11-9-17)13-15-6-3-7-16-13;;/h3,6-7,14H,2,4-5,8-11H2,1H3;2*1H. The maximum atomic E-state index is 12.0. The molecule has 1 aliphatic rings. The molecule has 0 atom stereocenters. The van der Waals surface area contributed by atoms with Crippen LogP contribution in [-0.2, 0) is 4.79 Å². The van der Waals surface area contributed by atoms with Gasteiger partial charge in [0.15, 0.2) is 0 Å². The zero-order valence-corrected chi connectivity index (χ0v) is 13.8. The number of hydrogen-bond donors (Lipinski definition) is 1. The van der Waals surface area contributed by atoms with E-state index in [-0.39, 0.29) is 30.7 Å². The summed E-state index contributed by atoms with van der Waals surface area (Å²) < 4.78 is 0. The Labute approximate surface area is 138 Å². The van der Waals surface area contributed by atoms with Crippen LogP contribution in [0, 0.1) is 0 Å². The van der Waals surface area contributed by atoms with Crippen molar-refractivity contribution in [3.8, 4) is 0 Å². The topological polar surface area (TPSA) is 61.4 Å². The molecule has 0 bridgehead atoms. The number of nitrogens with one attached hydrogen (secondary N) is 1. The SMILES string of the molecule is CNCCCC(=O)N1CCN(c2ncccn2)CC1.Cl.Cl. The number of rotatable bonds is 5. The van der Waals surface area contributed by atoms with E-state index in [1.165, 1.54) is 0 Å². The third-order valence-electron chi connectivity index (χ3n) is 3.28. The molecular formula is C13H23Cl2N5O. The van der Waals surface area contributed by atoms with Crippen molar-refractivity contribution in [3.05, 3.63) is 18.5 Å². The van der Waals surface area contributed by atoms with Crippen molar-refractivity contribution in [1.82, 2.24) is 20.2 Å². The number of carbonyl (C=O) groups excluding carboxylic acids is 1. The highest BCUT2D eigenvalue weighted by Gasteiger charge is 2.21. The van der Waals surface area contributed by atoms with Crippen LogP contribution in [0.25, 0.3) is 0 Å². The lowest BCUT2D eigenvalue weighted by Crippen LogP contribution is -2.49. The van der Waals surface area contributed by atoms with Gasteiger partial charge in [0.25, 0.3) is 0 Å². The van der Waals surface area contributed by atoms with Gasteiger partial charge in [-0.2, -0.15) is 0 Å². The first-order chi connectivity index (χ1) is 9.31. The van der Waals surface area contributed by atoms with Crippen molar-refractivity contribution >= 4 is 36.7 Å². The minimum Gasteiger partial charge on any atom is -0.339 e. The van der Waals surface area contributed by atoms with E-state index in [1.807, 2.05) is 18.0 Å². The molecule has 0 spiro atoms. The summed E-state index contributed by atoms with van der Waals surface area (Å²) in [6, 6.07) is 1.81. The Balaban J connectivity index is 0.00000200. The van der Waals surface area contributed by atoms with E-state index < -0.39 is 0 Å². The van der Waals surface area contributed by atoms with Crippen molar-refractivity contribution in [2.75, 3.05) is 44.7 Å². The molecule has 1 N–H and O–H groups in total. The van der Waals surface area contributed by atoms with Crippen LogP contribution in [-0.4, -0.2) is 60.5 Å². The fraction of sp³-hybridized carbons (Fsp3) is 0.615. The third kappa shape index (κ3) is 6.03. The Hall–Kier alpha value is -1.11. The number of hydrogen-bond acceptors (Lipinski definition) is 5. The Morgan fingerprint density at radius 2 is 1.81 bits per heavy atom. The van der Waals surface area contributed by atoms with Gasteiger partial charge in [-0.05, 0) is 26.1 Å². The number of aromatic nitrogens is 2. The van der Waals surface area contributed by atoms with Gasteiger partial charge >= 0.3 is 0 Å². The summed E-state index contributed by atoms with van der Waals surface area (Å²) in [6.45, 7) is 4.03. The second kappa shape index (κ2) is 10.6. The smallest absolute Gasteiger partial charge is 0.225 e. The van der Waals surface area contributed by atoms with Crippen molar-refractivity contribution < 1.29 is 4.79 Å². The molecule has 1 amide bonds. The van der Waals surface area contributed by atoms with Gasteiger partial charge in [-0.1, -0.05) is 0 Å². The van der Waals surface area contributed by atoms with Gasteiger partial charge in [-0.25, -0.2) is 9.97 Å². The van der Waals surface area contributed by atoms with Crippen molar-refractivity contribution in [2.45, 2.75) is 12.8 Å². The normalized spacial score (nSPS) is 14.1. The van der Waals surface area contributed by atoms with Crippen LogP contribution in [0.15, 0.2) is 18.5 Å². The highest BCUT2D eigenvalue weighted by molar-refractivity contribution is 5.85. The van der Waals surface area contributed by atoms with E-state index in [2.05, 4.69) is 20.2 Å². The molecule has 1 fully saturated rings. The summed E-state index contributed by atoms with van der Waals surface area (Å²) in [5, 5.41) is 3.06. The monoisotopic (exact) mass is 335 g/mol. The third-order valence-corrected chi connectivity index (χ3v) is 3.28. The Morgan fingerprint density at radius 3 is 2.38 bits per heavy atom. The fourth-order valence-corrected chi connectivity index (χ4v) is 2.18. The number of nitrogens with zero attached hydrogens (tertiary/aromatic N) is 4. The lowest BCUT2D eigenvalue weighted by Gasteiger charge is -2.34. The van der Waals surface area contributed by atoms with Gasteiger partial charge < -0.3 is 15.1 Å². The van der Waals surface area contributed by atoms with Gasteiger partial charge in [0.2, 0.25) is 11.9 Å². The van der Waals surface area contributed by atoms with Gasteiger partial charge in [-0.3, -0.25) is 4.79 Å². The van der Waals surface area contributed by atoms with E-state index in [1.54, 1.807) is 12.4 Å². The molecular weight excluding hydrogens is 313 g/mol. The van der Waals surface area contributed by atoms with Crippen molar-refractivity contribution in [2.24, 2.45) is 0 Å². The predicted octanol–water partition coefficient (Wildman–Crippen LogP) is 0.968. The molecule has 2 heterocycles. The lowest BCUT2D eigenvalue weighted by molar-refractivity contribution is -0.131. The highest BCUT2D eigenvalue weighted by atomic mass is 35.5. The summed E-state index contributed by atoms with van der Waals surface area (Å²) in [5.74, 6) is 1.01. The summed E-state index contributed by atoms with van der Waals surface area (Å²) in [5.41, 5.74) is 0. The maximum absolute atomic E-state index is 12.0. The molecule has 6 nitrogen and oxygen atoms in total. The van der Waals surface area contributed by atoms with Gasteiger partial charge in [0, 0.05) is 45.0 Å². The first-order valence-corrected chi connectivity index (χ1v) is 6.75. The zero-order chi connectivity index (χ0) is 13.5. The van der Waals surface area contributed by atoms with Crippen LogP contribution < -0.4 is 10.2 Å². The van der Waals surface area contributed by atoms with Crippen molar-refractivity contribution in [3.63, 3.8) is 0 Å². The molecule has 0 saturated carbocycles. The molecule has 120 valence electrons. The largest absolute Gasteiger partial charge is 0.339 e. The van der Waals surface area contributed by atoms with Crippen molar-refractivity contribution in [1.29, 1.82) is 0 Å². The summed E-state index contributed by atoms with van der Waals surface area (Å²) >= 11 is 0. The van der Waals surface area contributed by atoms with Crippen LogP contribution in [0.2, 0.25) is 0 Å². The molecule has 1 aromatic rings. The summed E-state index contributed by atoms with van der Waals surface area (Å²) in [6.07, 6.45) is 5.02. The maximum Gasteiger partial charge on any atom is 0.225 e. The van der Waals surface area contributed by atoms with E-state index in [0.29, 0.717) is 6.42 Å². The first kappa shape index (κ1) is 19.9. The molecule has 1 aromatic heterocycles. The van der Waals surface area contributed by atoms with E-state index in [0.717, 1.165) is 45.1 Å². The molecule has 1 saturated heterocycles. The fourth-order valence-electron chi connectivity index (χ4n) is 2.18. The lowest BCUT2D eigenvalue weighted by atomic mass is 10.2. The van der Waals surface area contributed by atoms with Gasteiger partial charge in [0.1, 0.15) is 0 Å². The number of carbonyl (C=O) groups is 1. The molecule has 0 aromatic carbocycles. The predicted molar refractivity (Wildman–Crippen MR) is 88.5 cm³/mol. The quantitative estimate of drug-likeness (QED) is 0.812. The molecule has 0 radical (unpaired) electrons. The van der Waals surface area contributed by atoms with Crippen LogP contribution in [0.3, 0.4) is 0 Å². The second-order valence-corrected chi connectivity index (χ2v) is 4.62. The summed E-state index contributed by atoms with van der Waals surface area (Å²) in [7, 11) is 1.91. The molecule has 0 aliphatic carbocycles. The summed E-state index contributed by atoms with van der Waals surface area (Å²) in [4.78, 5) is 24.5. The number of piperazine rings is 1. The Bertz CT molecular complexity index is 399. The van der Waals surface area contributed by atoms with E-state index >= 15 is 0 Å². The number of halogens is 2. The van der Waals surface area contributed by atoms with E-state index in [9.17, 15) is 4.79 Å². The van der Waals surface area contributed by atoms with E-state index in [4.69, 9.17) is 0 Å². The van der Waals surface area contributed by atoms with Crippen LogP contribution in [0.1, 0.15) is 12.8 Å². The Kier molecular flexibility index (Phi) is 10.0. The number of anilines is 1. The average molecular weight is 336 g/mol. The molecule has 0 unspecified atom stereocenters. The minimum atomic E-state index is 0. The van der Waals surface area contributed by atoms with Crippen LogP contribution in [0.4, 0.5) is 5.95 Å². The van der Waals surface area contributed by atoms with Gasteiger partial charge in [-0.15, -0.1) is 24.8 Å². The van der Waals surface area contributed by atoms with Crippen LogP contribution >= 0.6 is 24.8 Å². The molecule has 1 aliphatic heterocycles. The molecule has 8 heteroatoms.